The van der Waals surface area contributed by atoms with Gasteiger partial charge in [-0.15, -0.1) is 0 Å². The van der Waals surface area contributed by atoms with Crippen LogP contribution in [0.2, 0.25) is 15.1 Å². The van der Waals surface area contributed by atoms with Gasteiger partial charge in [-0.1, -0.05) is 40.9 Å². The van der Waals surface area contributed by atoms with Gasteiger partial charge in [0.15, 0.2) is 5.75 Å². The van der Waals surface area contributed by atoms with Crippen LogP contribution in [0.4, 0.5) is 16.2 Å². The fourth-order valence-electron chi connectivity index (χ4n) is 2.50. The van der Waals surface area contributed by atoms with E-state index < -0.39 is 26.7 Å². The molecule has 0 aliphatic carbocycles. The summed E-state index contributed by atoms with van der Waals surface area (Å²) >= 11 is 19.8. The number of primary amides is 1. The molecule has 2 rings (SSSR count). The summed E-state index contributed by atoms with van der Waals surface area (Å²) in [6, 6.07) is 5.96. The number of carbonyl (C=O) groups excluding carboxylic acids is 1. The van der Waals surface area contributed by atoms with Gasteiger partial charge in [-0.2, -0.15) is 11.8 Å². The standard InChI is InChI=1S/C17H18Cl3N3O4S2/c1-28-9-3-8-22-29(26,27)16-11(19)6-7-13(15(16)24)23(17(21)25)12-5-2-4-10(18)14(12)20/h2,4-7,22,24H,3,8-9H2,1H3,(H2,21,25). The Kier molecular flexibility index (Phi) is 8.33. The highest BCUT2D eigenvalue weighted by Gasteiger charge is 2.29. The van der Waals surface area contributed by atoms with Crippen molar-refractivity contribution in [1.82, 2.24) is 4.72 Å². The summed E-state index contributed by atoms with van der Waals surface area (Å²) in [5.74, 6) is 0.00931. The molecule has 0 aromatic heterocycles. The third-order valence-electron chi connectivity index (χ3n) is 3.78. The Morgan fingerprint density at radius 1 is 1.17 bits per heavy atom. The van der Waals surface area contributed by atoms with E-state index in [4.69, 9.17) is 40.5 Å². The van der Waals surface area contributed by atoms with E-state index in [0.29, 0.717) is 6.42 Å². The van der Waals surface area contributed by atoms with Crippen LogP contribution >= 0.6 is 46.6 Å². The smallest absolute Gasteiger partial charge is 0.324 e. The van der Waals surface area contributed by atoms with Gasteiger partial charge >= 0.3 is 6.03 Å². The Hall–Kier alpha value is -1.36. The highest BCUT2D eigenvalue weighted by Crippen LogP contribution is 2.44. The second-order valence-corrected chi connectivity index (χ2v) is 9.62. The maximum absolute atomic E-state index is 12.7. The van der Waals surface area contributed by atoms with Crippen LogP contribution in [-0.4, -0.2) is 38.1 Å². The topological polar surface area (TPSA) is 113 Å². The van der Waals surface area contributed by atoms with Crippen LogP contribution in [0, 0.1) is 0 Å². The number of anilines is 2. The number of hydrogen-bond acceptors (Lipinski definition) is 5. The van der Waals surface area contributed by atoms with Crippen LogP contribution in [0.3, 0.4) is 0 Å². The van der Waals surface area contributed by atoms with E-state index in [2.05, 4.69) is 4.72 Å². The number of nitrogens with one attached hydrogen (secondary N) is 1. The van der Waals surface area contributed by atoms with Crippen LogP contribution in [0.1, 0.15) is 6.42 Å². The van der Waals surface area contributed by atoms with Crippen molar-refractivity contribution in [3.63, 3.8) is 0 Å². The van der Waals surface area contributed by atoms with Gasteiger partial charge in [0.2, 0.25) is 10.0 Å². The number of phenols is 1. The predicted octanol–water partition coefficient (Wildman–Crippen LogP) is 4.60. The minimum atomic E-state index is -4.16. The Balaban J connectivity index is 2.58. The van der Waals surface area contributed by atoms with Crippen LogP contribution in [0.5, 0.6) is 5.75 Å². The number of benzene rings is 2. The highest BCUT2D eigenvalue weighted by atomic mass is 35.5. The molecule has 4 N–H and O–H groups in total. The first-order chi connectivity index (χ1) is 13.6. The second-order valence-electron chi connectivity index (χ2n) is 5.73. The molecule has 0 radical (unpaired) electrons. The Labute approximate surface area is 188 Å². The van der Waals surface area contributed by atoms with Crippen LogP contribution in [-0.2, 0) is 10.0 Å². The van der Waals surface area contributed by atoms with E-state index in [9.17, 15) is 18.3 Å². The monoisotopic (exact) mass is 497 g/mol. The van der Waals surface area contributed by atoms with E-state index >= 15 is 0 Å². The summed E-state index contributed by atoms with van der Waals surface area (Å²) in [6.45, 7) is 0.156. The lowest BCUT2D eigenvalue weighted by atomic mass is 10.2. The number of thioether (sulfide) groups is 1. The molecule has 0 bridgehead atoms. The van der Waals surface area contributed by atoms with Gasteiger partial charge in [0, 0.05) is 6.54 Å². The van der Waals surface area contributed by atoms with E-state index in [0.717, 1.165) is 10.7 Å². The first-order valence-corrected chi connectivity index (χ1v) is 12.2. The highest BCUT2D eigenvalue weighted by molar-refractivity contribution is 7.98. The molecule has 0 spiro atoms. The molecule has 0 unspecified atom stereocenters. The molecule has 0 aliphatic rings. The molecule has 0 heterocycles. The van der Waals surface area contributed by atoms with Crippen molar-refractivity contribution in [2.45, 2.75) is 11.3 Å². The van der Waals surface area contributed by atoms with Crippen molar-refractivity contribution in [3.05, 3.63) is 45.4 Å². The molecular formula is C17H18Cl3N3O4S2. The average molecular weight is 499 g/mol. The van der Waals surface area contributed by atoms with Gasteiger partial charge in [-0.3, -0.25) is 4.90 Å². The molecule has 2 aromatic carbocycles. The predicted molar refractivity (Wildman–Crippen MR) is 119 cm³/mol. The Morgan fingerprint density at radius 3 is 2.48 bits per heavy atom. The molecule has 0 saturated carbocycles. The van der Waals surface area contributed by atoms with E-state index in [-0.39, 0.29) is 33.0 Å². The second kappa shape index (κ2) is 10.1. The van der Waals surface area contributed by atoms with Crippen molar-refractivity contribution in [2.75, 3.05) is 23.5 Å². The van der Waals surface area contributed by atoms with Gasteiger partial charge in [-0.25, -0.2) is 17.9 Å². The number of nitrogens with two attached hydrogens (primary N) is 1. The molecule has 7 nitrogen and oxygen atoms in total. The Bertz CT molecular complexity index is 1020. The third kappa shape index (κ3) is 5.42. The summed E-state index contributed by atoms with van der Waals surface area (Å²) < 4.78 is 27.8. The number of nitrogens with zero attached hydrogens (tertiary/aromatic N) is 1. The largest absolute Gasteiger partial charge is 0.504 e. The zero-order valence-electron chi connectivity index (χ0n) is 15.2. The fraction of sp³-hybridized carbons (Fsp3) is 0.235. The quantitative estimate of drug-likeness (QED) is 0.460. The van der Waals surface area contributed by atoms with Gasteiger partial charge in [0.05, 0.1) is 26.4 Å². The first kappa shape index (κ1) is 23.9. The van der Waals surface area contributed by atoms with Crippen molar-refractivity contribution in [2.24, 2.45) is 5.73 Å². The number of urea groups is 1. The maximum Gasteiger partial charge on any atom is 0.324 e. The summed E-state index contributed by atoms with van der Waals surface area (Å²) in [4.78, 5) is 12.4. The summed E-state index contributed by atoms with van der Waals surface area (Å²) in [5, 5.41) is 10.6. The lowest BCUT2D eigenvalue weighted by Crippen LogP contribution is -2.32. The number of amides is 2. The summed E-state index contributed by atoms with van der Waals surface area (Å²) in [6.07, 6.45) is 2.49. The van der Waals surface area contributed by atoms with E-state index in [1.807, 2.05) is 6.26 Å². The minimum absolute atomic E-state index is 0.00177. The SMILES string of the molecule is CSCCCNS(=O)(=O)c1c(Cl)ccc(N(C(N)=O)c2cccc(Cl)c2Cl)c1O. The fourth-order valence-corrected chi connectivity index (χ4v) is 5.01. The van der Waals surface area contributed by atoms with Crippen molar-refractivity contribution < 1.29 is 18.3 Å². The molecule has 0 aliphatic heterocycles. The first-order valence-electron chi connectivity index (χ1n) is 8.15. The number of rotatable bonds is 8. The van der Waals surface area contributed by atoms with Crippen molar-refractivity contribution in [3.8, 4) is 5.75 Å². The maximum atomic E-state index is 12.7. The molecular weight excluding hydrogens is 481 g/mol. The summed E-state index contributed by atoms with van der Waals surface area (Å²) in [5.41, 5.74) is 5.33. The lowest BCUT2D eigenvalue weighted by Gasteiger charge is -2.24. The van der Waals surface area contributed by atoms with Gasteiger partial charge in [0.1, 0.15) is 4.90 Å². The molecule has 2 aromatic rings. The number of sulfonamides is 1. The minimum Gasteiger partial charge on any atom is -0.504 e. The van der Waals surface area contributed by atoms with Gasteiger partial charge in [-0.05, 0) is 42.7 Å². The Morgan fingerprint density at radius 2 is 1.86 bits per heavy atom. The molecule has 29 heavy (non-hydrogen) atoms. The van der Waals surface area contributed by atoms with Crippen LogP contribution < -0.4 is 15.4 Å². The number of phenolic OH excluding ortho intramolecular Hbond substituents is 1. The van der Waals surface area contributed by atoms with E-state index in [1.54, 1.807) is 11.8 Å². The van der Waals surface area contributed by atoms with Crippen LogP contribution in [0.25, 0.3) is 0 Å². The molecule has 2 amide bonds. The van der Waals surface area contributed by atoms with E-state index in [1.165, 1.54) is 30.3 Å². The molecule has 0 fully saturated rings. The van der Waals surface area contributed by atoms with Crippen LogP contribution in [0.15, 0.2) is 35.2 Å². The van der Waals surface area contributed by atoms with Gasteiger partial charge < -0.3 is 10.8 Å². The zero-order valence-corrected chi connectivity index (χ0v) is 19.1. The normalized spacial score (nSPS) is 11.4. The number of aromatic hydroxyl groups is 1. The summed E-state index contributed by atoms with van der Waals surface area (Å²) in [7, 11) is -4.16. The van der Waals surface area contributed by atoms with Crippen molar-refractivity contribution in [1.29, 1.82) is 0 Å². The zero-order chi connectivity index (χ0) is 21.8. The molecule has 0 saturated heterocycles. The molecule has 12 heteroatoms. The number of carbonyl (C=O) groups is 1. The molecule has 0 atom stereocenters. The molecule has 158 valence electrons. The number of hydrogen-bond donors (Lipinski definition) is 3. The third-order valence-corrected chi connectivity index (χ3v) is 7.25. The van der Waals surface area contributed by atoms with Gasteiger partial charge in [0.25, 0.3) is 0 Å². The van der Waals surface area contributed by atoms with Crippen molar-refractivity contribution >= 4 is 74.0 Å². The average Bonchev–Trinajstić information content (AvgIpc) is 2.64. The lowest BCUT2D eigenvalue weighted by molar-refractivity contribution is 0.256. The number of halogens is 3.